The zero-order valence-corrected chi connectivity index (χ0v) is 13.6. The van der Waals surface area contributed by atoms with Crippen molar-refractivity contribution in [2.24, 2.45) is 5.41 Å². The average molecular weight is 284 g/mol. The van der Waals surface area contributed by atoms with Crippen molar-refractivity contribution in [3.63, 3.8) is 0 Å². The molecule has 1 rings (SSSR count). The second-order valence-electron chi connectivity index (χ2n) is 7.08. The van der Waals surface area contributed by atoms with E-state index < -0.39 is 11.6 Å². The standard InChI is InChI=1S/C15H28N2O3/c1-14(2,3)11-12(18)16-15(4,5)13(19)17(11)9-7-8-10-20-6/h11H,7-10H2,1-6H3,(H,16,18). The molecular weight excluding hydrogens is 256 g/mol. The normalized spacial score (nSPS) is 22.9. The zero-order chi connectivity index (χ0) is 15.6. The summed E-state index contributed by atoms with van der Waals surface area (Å²) >= 11 is 0. The number of hydrogen-bond donors (Lipinski definition) is 1. The molecule has 0 aromatic heterocycles. The number of unbranched alkanes of at least 4 members (excludes halogenated alkanes) is 1. The molecule has 2 amide bonds. The second-order valence-corrected chi connectivity index (χ2v) is 7.08. The average Bonchev–Trinajstić information content (AvgIpc) is 2.28. The summed E-state index contributed by atoms with van der Waals surface area (Å²) < 4.78 is 5.03. The van der Waals surface area contributed by atoms with Crippen molar-refractivity contribution in [1.29, 1.82) is 0 Å². The first kappa shape index (κ1) is 17.0. The Bertz CT molecular complexity index is 372. The van der Waals surface area contributed by atoms with Gasteiger partial charge in [0.2, 0.25) is 11.8 Å². The van der Waals surface area contributed by atoms with Gasteiger partial charge in [0.25, 0.3) is 0 Å². The first-order chi connectivity index (χ1) is 9.11. The first-order valence-corrected chi connectivity index (χ1v) is 7.23. The first-order valence-electron chi connectivity index (χ1n) is 7.23. The molecule has 5 heteroatoms. The SMILES string of the molecule is COCCCCN1C(=O)C(C)(C)NC(=O)C1C(C)(C)C. The largest absolute Gasteiger partial charge is 0.385 e. The lowest BCUT2D eigenvalue weighted by atomic mass is 9.81. The van der Waals surface area contributed by atoms with E-state index in [1.807, 2.05) is 20.8 Å². The summed E-state index contributed by atoms with van der Waals surface area (Å²) in [7, 11) is 1.67. The fourth-order valence-electron chi connectivity index (χ4n) is 2.67. The van der Waals surface area contributed by atoms with Crippen molar-refractivity contribution in [3.05, 3.63) is 0 Å². The van der Waals surface area contributed by atoms with Crippen LogP contribution in [0.3, 0.4) is 0 Å². The van der Waals surface area contributed by atoms with E-state index in [1.165, 1.54) is 0 Å². The van der Waals surface area contributed by atoms with Crippen molar-refractivity contribution in [2.45, 2.75) is 59.0 Å². The van der Waals surface area contributed by atoms with Gasteiger partial charge in [0.1, 0.15) is 11.6 Å². The molecule has 0 saturated carbocycles. The van der Waals surface area contributed by atoms with Crippen LogP contribution in [0.2, 0.25) is 0 Å². The molecule has 0 aromatic carbocycles. The monoisotopic (exact) mass is 284 g/mol. The maximum Gasteiger partial charge on any atom is 0.248 e. The topological polar surface area (TPSA) is 58.6 Å². The predicted octanol–water partition coefficient (Wildman–Crippen LogP) is 1.56. The highest BCUT2D eigenvalue weighted by atomic mass is 16.5. The van der Waals surface area contributed by atoms with E-state index >= 15 is 0 Å². The molecular formula is C15H28N2O3. The number of amides is 2. The maximum absolute atomic E-state index is 12.6. The van der Waals surface area contributed by atoms with Gasteiger partial charge in [0.05, 0.1) is 0 Å². The molecule has 1 fully saturated rings. The molecule has 1 saturated heterocycles. The van der Waals surface area contributed by atoms with Crippen LogP contribution in [0.25, 0.3) is 0 Å². The third-order valence-electron chi connectivity index (χ3n) is 3.61. The summed E-state index contributed by atoms with van der Waals surface area (Å²) in [5, 5.41) is 2.84. The van der Waals surface area contributed by atoms with Gasteiger partial charge in [-0.3, -0.25) is 9.59 Å². The van der Waals surface area contributed by atoms with E-state index in [-0.39, 0.29) is 17.2 Å². The molecule has 5 nitrogen and oxygen atoms in total. The van der Waals surface area contributed by atoms with Crippen molar-refractivity contribution < 1.29 is 14.3 Å². The number of ether oxygens (including phenoxy) is 1. The molecule has 1 N–H and O–H groups in total. The number of rotatable bonds is 5. The van der Waals surface area contributed by atoms with Gasteiger partial charge in [-0.1, -0.05) is 20.8 Å². The molecule has 1 unspecified atom stereocenters. The van der Waals surface area contributed by atoms with Crippen LogP contribution in [0, 0.1) is 5.41 Å². The van der Waals surface area contributed by atoms with Gasteiger partial charge in [0.15, 0.2) is 0 Å². The van der Waals surface area contributed by atoms with Crippen molar-refractivity contribution in [2.75, 3.05) is 20.3 Å². The van der Waals surface area contributed by atoms with Crippen molar-refractivity contribution in [1.82, 2.24) is 10.2 Å². The van der Waals surface area contributed by atoms with Crippen LogP contribution in [0.5, 0.6) is 0 Å². The molecule has 1 heterocycles. The Morgan fingerprint density at radius 1 is 1.25 bits per heavy atom. The predicted molar refractivity (Wildman–Crippen MR) is 78.3 cm³/mol. The Morgan fingerprint density at radius 2 is 1.85 bits per heavy atom. The van der Waals surface area contributed by atoms with Crippen LogP contribution in [0.1, 0.15) is 47.5 Å². The molecule has 0 radical (unpaired) electrons. The van der Waals surface area contributed by atoms with E-state index in [1.54, 1.807) is 25.9 Å². The lowest BCUT2D eigenvalue weighted by Crippen LogP contribution is -2.70. The number of nitrogens with one attached hydrogen (secondary N) is 1. The number of piperazine rings is 1. The third-order valence-corrected chi connectivity index (χ3v) is 3.61. The fourth-order valence-corrected chi connectivity index (χ4v) is 2.67. The van der Waals surface area contributed by atoms with Gasteiger partial charge in [0, 0.05) is 20.3 Å². The third kappa shape index (κ3) is 3.72. The summed E-state index contributed by atoms with van der Waals surface area (Å²) in [5.74, 6) is -0.0664. The minimum Gasteiger partial charge on any atom is -0.385 e. The van der Waals surface area contributed by atoms with E-state index in [0.29, 0.717) is 13.2 Å². The van der Waals surface area contributed by atoms with Crippen molar-refractivity contribution >= 4 is 11.8 Å². The highest BCUT2D eigenvalue weighted by Gasteiger charge is 2.49. The second kappa shape index (κ2) is 6.12. The lowest BCUT2D eigenvalue weighted by Gasteiger charge is -2.47. The molecule has 1 aliphatic rings. The molecule has 0 spiro atoms. The summed E-state index contributed by atoms with van der Waals surface area (Å²) in [5.41, 5.74) is -1.10. The van der Waals surface area contributed by atoms with Gasteiger partial charge < -0.3 is 15.0 Å². The minimum absolute atomic E-state index is 0.00515. The smallest absolute Gasteiger partial charge is 0.248 e. The number of carbonyl (C=O) groups is 2. The minimum atomic E-state index is -0.819. The number of methoxy groups -OCH3 is 1. The Balaban J connectivity index is 2.90. The summed E-state index contributed by atoms with van der Waals surface area (Å²) in [6.07, 6.45) is 1.73. The van der Waals surface area contributed by atoms with Gasteiger partial charge in [-0.15, -0.1) is 0 Å². The van der Waals surface area contributed by atoms with E-state index in [0.717, 1.165) is 12.8 Å². The molecule has 1 aliphatic heterocycles. The maximum atomic E-state index is 12.6. The Morgan fingerprint density at radius 3 is 2.35 bits per heavy atom. The molecule has 0 bridgehead atoms. The van der Waals surface area contributed by atoms with Gasteiger partial charge in [-0.25, -0.2) is 0 Å². The van der Waals surface area contributed by atoms with Crippen LogP contribution in [-0.2, 0) is 14.3 Å². The van der Waals surface area contributed by atoms with Crippen molar-refractivity contribution in [3.8, 4) is 0 Å². The fraction of sp³-hybridized carbons (Fsp3) is 0.867. The van der Waals surface area contributed by atoms with Crippen LogP contribution in [-0.4, -0.2) is 48.6 Å². The quantitative estimate of drug-likeness (QED) is 0.780. The van der Waals surface area contributed by atoms with Crippen LogP contribution in [0.15, 0.2) is 0 Å². The molecule has 0 aromatic rings. The number of nitrogens with zero attached hydrogens (tertiary/aromatic N) is 1. The summed E-state index contributed by atoms with van der Waals surface area (Å²) in [6.45, 7) is 10.8. The van der Waals surface area contributed by atoms with Gasteiger partial charge in [-0.2, -0.15) is 0 Å². The molecule has 116 valence electrons. The Hall–Kier alpha value is -1.10. The van der Waals surface area contributed by atoms with Gasteiger partial charge >= 0.3 is 0 Å². The van der Waals surface area contributed by atoms with Crippen LogP contribution >= 0.6 is 0 Å². The van der Waals surface area contributed by atoms with E-state index in [4.69, 9.17) is 4.74 Å². The highest BCUT2D eigenvalue weighted by Crippen LogP contribution is 2.30. The number of carbonyl (C=O) groups excluding carboxylic acids is 2. The van der Waals surface area contributed by atoms with E-state index in [2.05, 4.69) is 5.32 Å². The Kier molecular flexibility index (Phi) is 5.19. The molecule has 1 atom stereocenters. The van der Waals surface area contributed by atoms with Crippen LogP contribution < -0.4 is 5.32 Å². The Labute approximate surface area is 122 Å². The van der Waals surface area contributed by atoms with Gasteiger partial charge in [-0.05, 0) is 32.1 Å². The zero-order valence-electron chi connectivity index (χ0n) is 13.6. The number of hydrogen-bond acceptors (Lipinski definition) is 3. The highest BCUT2D eigenvalue weighted by molar-refractivity contribution is 5.99. The summed E-state index contributed by atoms with van der Waals surface area (Å²) in [6, 6.07) is -0.412. The molecule has 20 heavy (non-hydrogen) atoms. The summed E-state index contributed by atoms with van der Waals surface area (Å²) in [4.78, 5) is 26.7. The van der Waals surface area contributed by atoms with E-state index in [9.17, 15) is 9.59 Å². The molecule has 0 aliphatic carbocycles. The van der Waals surface area contributed by atoms with Crippen LogP contribution in [0.4, 0.5) is 0 Å². The lowest BCUT2D eigenvalue weighted by molar-refractivity contribution is -0.158.